The number of imidazole rings is 1. The van der Waals surface area contributed by atoms with E-state index in [-0.39, 0.29) is 11.8 Å². The van der Waals surface area contributed by atoms with Gasteiger partial charge in [0.05, 0.1) is 30.8 Å². The zero-order valence-corrected chi connectivity index (χ0v) is 17.5. The van der Waals surface area contributed by atoms with Gasteiger partial charge in [0.15, 0.2) is 0 Å². The van der Waals surface area contributed by atoms with Crippen LogP contribution in [0.15, 0.2) is 48.2 Å². The van der Waals surface area contributed by atoms with E-state index in [1.165, 1.54) is 0 Å². The van der Waals surface area contributed by atoms with Gasteiger partial charge >= 0.3 is 0 Å². The smallest absolute Gasteiger partial charge is 0.234 e. The van der Waals surface area contributed by atoms with Crippen molar-refractivity contribution in [3.05, 3.63) is 69.9 Å². The maximum absolute atomic E-state index is 13.0. The number of hydrogen-bond acceptors (Lipinski definition) is 6. The minimum Gasteiger partial charge on any atom is -0.497 e. The summed E-state index contributed by atoms with van der Waals surface area (Å²) in [5.74, 6) is 1.13. The first kappa shape index (κ1) is 18.6. The monoisotopic (exact) mass is 419 g/mol. The number of carbonyl (C=O) groups excluding carboxylic acids is 1. The quantitative estimate of drug-likeness (QED) is 0.511. The highest BCUT2D eigenvalue weighted by Crippen LogP contribution is 2.36. The summed E-state index contributed by atoms with van der Waals surface area (Å²) >= 11 is 1.60. The van der Waals surface area contributed by atoms with Gasteiger partial charge in [-0.25, -0.2) is 4.98 Å². The minimum atomic E-state index is -0.380. The zero-order chi connectivity index (χ0) is 20.7. The third-order valence-corrected chi connectivity index (χ3v) is 6.13. The number of rotatable bonds is 5. The van der Waals surface area contributed by atoms with Crippen molar-refractivity contribution in [2.75, 3.05) is 17.7 Å². The molecule has 4 heterocycles. The maximum Gasteiger partial charge on any atom is 0.234 e. The van der Waals surface area contributed by atoms with E-state index in [0.29, 0.717) is 13.0 Å². The van der Waals surface area contributed by atoms with Gasteiger partial charge in [-0.15, -0.1) is 11.3 Å². The molecule has 1 unspecified atom stereocenters. The third kappa shape index (κ3) is 3.29. The van der Waals surface area contributed by atoms with Gasteiger partial charge in [-0.1, -0.05) is 12.1 Å². The number of hydrogen-bond donors (Lipinski definition) is 2. The maximum atomic E-state index is 13.0. The zero-order valence-electron chi connectivity index (χ0n) is 16.7. The van der Waals surface area contributed by atoms with Crippen LogP contribution >= 0.6 is 11.3 Å². The molecular formula is C22H21N5O2S. The molecule has 1 aliphatic heterocycles. The van der Waals surface area contributed by atoms with Gasteiger partial charge in [-0.05, 0) is 36.6 Å². The van der Waals surface area contributed by atoms with Crippen molar-refractivity contribution in [3.63, 3.8) is 0 Å². The number of fused-ring (bicyclic) bond motifs is 2. The number of aromatic nitrogens is 3. The first-order valence-corrected chi connectivity index (χ1v) is 10.6. The fourth-order valence-electron chi connectivity index (χ4n) is 3.82. The number of benzene rings is 1. The van der Waals surface area contributed by atoms with E-state index < -0.39 is 0 Å². The molecule has 3 aromatic heterocycles. The van der Waals surface area contributed by atoms with E-state index in [1.807, 2.05) is 59.6 Å². The predicted molar refractivity (Wildman–Crippen MR) is 117 cm³/mol. The summed E-state index contributed by atoms with van der Waals surface area (Å²) < 4.78 is 7.31. The van der Waals surface area contributed by atoms with Gasteiger partial charge in [-0.3, -0.25) is 14.2 Å². The first-order valence-electron chi connectivity index (χ1n) is 9.70. The fourth-order valence-corrected chi connectivity index (χ4v) is 4.35. The number of thiazole rings is 1. The van der Waals surface area contributed by atoms with Gasteiger partial charge in [0.1, 0.15) is 17.2 Å². The molecule has 0 bridgehead atoms. The number of carbonyl (C=O) groups is 1. The van der Waals surface area contributed by atoms with Gasteiger partial charge in [-0.2, -0.15) is 0 Å². The Morgan fingerprint density at radius 2 is 2.23 bits per heavy atom. The van der Waals surface area contributed by atoms with Crippen LogP contribution in [-0.4, -0.2) is 27.4 Å². The molecule has 0 spiro atoms. The number of nitrogens with zero attached hydrogens (tertiary/aromatic N) is 3. The molecule has 1 aliphatic rings. The summed E-state index contributed by atoms with van der Waals surface area (Å²) in [5.41, 5.74) is 6.38. The van der Waals surface area contributed by atoms with Crippen LogP contribution in [0.5, 0.6) is 5.75 Å². The Kier molecular flexibility index (Phi) is 4.63. The van der Waals surface area contributed by atoms with E-state index in [1.54, 1.807) is 18.4 Å². The van der Waals surface area contributed by atoms with Crippen molar-refractivity contribution in [1.82, 2.24) is 14.4 Å². The number of aryl methyl sites for hydroxylation is 1. The Morgan fingerprint density at radius 1 is 1.33 bits per heavy atom. The molecule has 8 heteroatoms. The lowest BCUT2D eigenvalue weighted by molar-refractivity contribution is -0.117. The molecular weight excluding hydrogens is 398 g/mol. The number of anilines is 2. The van der Waals surface area contributed by atoms with Crippen molar-refractivity contribution >= 4 is 34.4 Å². The summed E-state index contributed by atoms with van der Waals surface area (Å²) in [6, 6.07) is 9.80. The Morgan fingerprint density at radius 3 is 3.03 bits per heavy atom. The molecule has 0 fully saturated rings. The van der Waals surface area contributed by atoms with E-state index in [2.05, 4.69) is 15.6 Å². The van der Waals surface area contributed by atoms with Crippen molar-refractivity contribution < 1.29 is 9.53 Å². The SMILES string of the molecule is COc1ccc2c(c1)NC(=O)C(c1nc3ccc(C)cn3c1NCc1cncs1)C2. The second kappa shape index (κ2) is 7.46. The molecule has 0 aliphatic carbocycles. The molecule has 1 aromatic carbocycles. The second-order valence-electron chi connectivity index (χ2n) is 7.37. The van der Waals surface area contributed by atoms with Crippen molar-refractivity contribution in [3.8, 4) is 5.75 Å². The highest BCUT2D eigenvalue weighted by molar-refractivity contribution is 7.09. The summed E-state index contributed by atoms with van der Waals surface area (Å²) in [5, 5.41) is 6.53. The summed E-state index contributed by atoms with van der Waals surface area (Å²) in [7, 11) is 1.62. The minimum absolute atomic E-state index is 0.0586. The van der Waals surface area contributed by atoms with Crippen molar-refractivity contribution in [1.29, 1.82) is 0 Å². The third-order valence-electron chi connectivity index (χ3n) is 5.35. The molecule has 30 heavy (non-hydrogen) atoms. The average molecular weight is 420 g/mol. The van der Waals surface area contributed by atoms with Crippen LogP contribution < -0.4 is 15.4 Å². The Bertz CT molecular complexity index is 1230. The Hall–Kier alpha value is -3.39. The lowest BCUT2D eigenvalue weighted by Gasteiger charge is -2.25. The number of nitrogens with one attached hydrogen (secondary N) is 2. The highest BCUT2D eigenvalue weighted by Gasteiger charge is 2.32. The van der Waals surface area contributed by atoms with Crippen molar-refractivity contribution in [2.24, 2.45) is 0 Å². The number of amides is 1. The topological polar surface area (TPSA) is 80.5 Å². The molecule has 0 saturated heterocycles. The van der Waals surface area contributed by atoms with Crippen LogP contribution in [0.3, 0.4) is 0 Å². The molecule has 7 nitrogen and oxygen atoms in total. The Labute approximate surface area is 177 Å². The number of ether oxygens (including phenoxy) is 1. The van der Waals surface area contributed by atoms with Gasteiger partial charge in [0.25, 0.3) is 0 Å². The fraction of sp³-hybridized carbons (Fsp3) is 0.227. The molecule has 5 rings (SSSR count). The van der Waals surface area contributed by atoms with E-state index in [9.17, 15) is 4.79 Å². The summed E-state index contributed by atoms with van der Waals surface area (Å²) in [6.45, 7) is 2.67. The number of methoxy groups -OCH3 is 1. The largest absolute Gasteiger partial charge is 0.497 e. The highest BCUT2D eigenvalue weighted by atomic mass is 32.1. The van der Waals surface area contributed by atoms with Crippen LogP contribution in [0.1, 0.15) is 27.6 Å². The summed E-state index contributed by atoms with van der Waals surface area (Å²) in [6.07, 6.45) is 4.48. The van der Waals surface area contributed by atoms with E-state index in [4.69, 9.17) is 9.72 Å². The van der Waals surface area contributed by atoms with Crippen LogP contribution in [0.4, 0.5) is 11.5 Å². The first-order chi connectivity index (χ1) is 14.6. The lowest BCUT2D eigenvalue weighted by atomic mass is 9.90. The number of pyridine rings is 1. The van der Waals surface area contributed by atoms with Gasteiger partial charge in [0.2, 0.25) is 5.91 Å². The average Bonchev–Trinajstić information content (AvgIpc) is 3.38. The van der Waals surface area contributed by atoms with Gasteiger partial charge < -0.3 is 15.4 Å². The van der Waals surface area contributed by atoms with Gasteiger partial charge in [0, 0.05) is 29.0 Å². The second-order valence-corrected chi connectivity index (χ2v) is 8.34. The molecule has 1 atom stereocenters. The van der Waals surface area contributed by atoms with Crippen LogP contribution in [0.2, 0.25) is 0 Å². The standard InChI is InChI=1S/C22H21N5O2S/c1-13-3-6-19-26-20(21(27(19)11-13)24-10-16-9-23-12-30-16)17-7-14-4-5-15(29-2)8-18(14)25-22(17)28/h3-6,8-9,11-12,17,24H,7,10H2,1-2H3,(H,25,28). The molecule has 152 valence electrons. The Balaban J connectivity index is 1.55. The van der Waals surface area contributed by atoms with Crippen LogP contribution in [-0.2, 0) is 17.8 Å². The lowest BCUT2D eigenvalue weighted by Crippen LogP contribution is -2.29. The van der Waals surface area contributed by atoms with Crippen molar-refractivity contribution in [2.45, 2.75) is 25.8 Å². The molecule has 0 radical (unpaired) electrons. The van der Waals surface area contributed by atoms with Crippen LogP contribution in [0.25, 0.3) is 5.65 Å². The molecule has 2 N–H and O–H groups in total. The molecule has 0 saturated carbocycles. The normalized spacial score (nSPS) is 15.7. The summed E-state index contributed by atoms with van der Waals surface area (Å²) in [4.78, 5) is 23.1. The van der Waals surface area contributed by atoms with E-state index in [0.717, 1.165) is 44.6 Å². The predicted octanol–water partition coefficient (Wildman–Crippen LogP) is 4.00. The molecule has 1 amide bonds. The van der Waals surface area contributed by atoms with E-state index >= 15 is 0 Å². The van der Waals surface area contributed by atoms with Crippen LogP contribution in [0, 0.1) is 6.92 Å². The molecule has 4 aromatic rings.